The molecule has 1 aromatic heterocycles. The van der Waals surface area contributed by atoms with E-state index in [9.17, 15) is 43.8 Å². The monoisotopic (exact) mass is 1030 g/mol. The highest BCUT2D eigenvalue weighted by Gasteiger charge is 2.46. The van der Waals surface area contributed by atoms with Crippen LogP contribution in [0.1, 0.15) is 116 Å². The lowest BCUT2D eigenvalue weighted by Gasteiger charge is -2.38. The first kappa shape index (κ1) is 60.2. The third-order valence-electron chi connectivity index (χ3n) is 13.5. The molecular formula is C54H80N10O10. The molecule has 1 aliphatic rings. The lowest BCUT2D eigenvalue weighted by molar-refractivity contribution is -0.158. The molecular weight excluding hydrogens is 949 g/mol. The summed E-state index contributed by atoms with van der Waals surface area (Å²) < 4.78 is 0. The van der Waals surface area contributed by atoms with Gasteiger partial charge in [-0.15, -0.1) is 0 Å². The van der Waals surface area contributed by atoms with Crippen LogP contribution in [0, 0.1) is 17.3 Å². The third kappa shape index (κ3) is 17.9. The summed E-state index contributed by atoms with van der Waals surface area (Å²) in [7, 11) is 0. The fourth-order valence-electron chi connectivity index (χ4n) is 9.14. The van der Waals surface area contributed by atoms with Crippen LogP contribution < -0.4 is 33.2 Å². The molecule has 6 amide bonds. The number of H-pyrrole nitrogens is 1. The molecule has 0 bridgehead atoms. The number of nitrogens with zero attached hydrogens (tertiary/aromatic N) is 3. The van der Waals surface area contributed by atoms with Gasteiger partial charge in [0.05, 0.1) is 24.2 Å². The number of imide groups is 1. The molecule has 3 aromatic rings. The van der Waals surface area contributed by atoms with Crippen molar-refractivity contribution < 1.29 is 48.6 Å². The number of benzene rings is 2. The van der Waals surface area contributed by atoms with Gasteiger partial charge in [0.25, 0.3) is 5.91 Å². The Bertz CT molecular complexity index is 2310. The summed E-state index contributed by atoms with van der Waals surface area (Å²) in [6.07, 6.45) is 3.04. The number of nitrogens with one attached hydrogen (secondary N) is 4. The first-order chi connectivity index (χ1) is 35.0. The van der Waals surface area contributed by atoms with E-state index in [4.69, 9.17) is 17.2 Å². The van der Waals surface area contributed by atoms with Crippen molar-refractivity contribution in [2.24, 2.45) is 34.5 Å². The molecule has 0 spiro atoms. The smallest absolute Gasteiger partial charge is 0.326 e. The maximum absolute atomic E-state index is 15.4. The number of ketones is 1. The average molecular weight is 1030 g/mol. The predicted molar refractivity (Wildman–Crippen MR) is 278 cm³/mol. The van der Waals surface area contributed by atoms with E-state index in [0.29, 0.717) is 43.4 Å². The van der Waals surface area contributed by atoms with Gasteiger partial charge in [-0.05, 0) is 81.4 Å². The topological polar surface area (TPSA) is 326 Å². The van der Waals surface area contributed by atoms with Crippen LogP contribution >= 0.6 is 0 Å². The van der Waals surface area contributed by atoms with Crippen molar-refractivity contribution in [1.82, 2.24) is 35.7 Å². The number of aromatic amines is 1. The van der Waals surface area contributed by atoms with Crippen LogP contribution in [0.2, 0.25) is 0 Å². The van der Waals surface area contributed by atoms with Crippen LogP contribution in [0.3, 0.4) is 0 Å². The van der Waals surface area contributed by atoms with Gasteiger partial charge in [0.2, 0.25) is 29.5 Å². The number of likely N-dealkylation sites (tertiary alicyclic amines) is 1. The minimum atomic E-state index is -1.82. The van der Waals surface area contributed by atoms with Crippen molar-refractivity contribution >= 4 is 47.2 Å². The number of Topliss-reactive ketones (excluding diaryl/α,β-unsaturated/α-hetero) is 1. The van der Waals surface area contributed by atoms with E-state index in [1.807, 2.05) is 44.2 Å². The summed E-state index contributed by atoms with van der Waals surface area (Å²) in [5.41, 5.74) is 18.9. The molecule has 2 heterocycles. The number of carbonyl (C=O) groups excluding carboxylic acids is 7. The largest absolute Gasteiger partial charge is 0.480 e. The predicted octanol–water partition coefficient (Wildman–Crippen LogP) is 2.30. The van der Waals surface area contributed by atoms with Gasteiger partial charge in [0.1, 0.15) is 36.0 Å². The Morgan fingerprint density at radius 1 is 0.824 bits per heavy atom. The summed E-state index contributed by atoms with van der Waals surface area (Å²) in [4.78, 5) is 124. The number of unbranched alkanes of at least 4 members (excludes halogenated alkanes) is 1. The molecule has 74 heavy (non-hydrogen) atoms. The number of rotatable bonds is 30. The second kappa shape index (κ2) is 28.9. The van der Waals surface area contributed by atoms with Gasteiger partial charge >= 0.3 is 5.97 Å². The fraction of sp³-hybridized carbons (Fsp3) is 0.574. The van der Waals surface area contributed by atoms with Gasteiger partial charge in [0.15, 0.2) is 0 Å². The number of aliphatic hydroxyl groups is 1. The van der Waals surface area contributed by atoms with Gasteiger partial charge in [-0.25, -0.2) is 9.78 Å². The summed E-state index contributed by atoms with van der Waals surface area (Å²) in [6, 6.07) is 8.88. The molecule has 12 N–H and O–H groups in total. The van der Waals surface area contributed by atoms with E-state index in [1.54, 1.807) is 36.5 Å². The number of carbonyl (C=O) groups is 8. The molecule has 0 radical (unpaired) electrons. The first-order valence-electron chi connectivity index (χ1n) is 25.8. The van der Waals surface area contributed by atoms with Gasteiger partial charge in [0, 0.05) is 49.4 Å². The zero-order valence-electron chi connectivity index (χ0n) is 43.8. The molecule has 20 nitrogen and oxygen atoms in total. The number of hydrogen-bond donors (Lipinski definition) is 9. The van der Waals surface area contributed by atoms with Gasteiger partial charge in [-0.3, -0.25) is 38.5 Å². The van der Waals surface area contributed by atoms with Crippen molar-refractivity contribution in [2.75, 3.05) is 13.1 Å². The highest BCUT2D eigenvalue weighted by atomic mass is 16.4. The van der Waals surface area contributed by atoms with Crippen LogP contribution in [-0.2, 0) is 57.6 Å². The lowest BCUT2D eigenvalue weighted by atomic mass is 9.77. The zero-order chi connectivity index (χ0) is 54.7. The van der Waals surface area contributed by atoms with Crippen molar-refractivity contribution in [3.63, 3.8) is 0 Å². The average Bonchev–Trinajstić information content (AvgIpc) is 4.07. The number of nitrogens with two attached hydrogens (primary N) is 3. The Balaban J connectivity index is 1.75. The molecule has 1 saturated heterocycles. The van der Waals surface area contributed by atoms with Crippen molar-refractivity contribution in [3.05, 3.63) is 90.0 Å². The van der Waals surface area contributed by atoms with Crippen molar-refractivity contribution in [2.45, 2.75) is 167 Å². The molecule has 20 heteroatoms. The number of carboxylic acids is 1. The fourth-order valence-corrected chi connectivity index (χ4v) is 9.14. The standard InChI is InChI=1S/C54H80N10O10/c1-33(2)26-38(56)45(65)29-46(66)54(5,6)30-44(49(69)62-42(53(73)74)27-36-18-11-8-12-19-36)64(50(70)34(3)4)52(72)41(20-13-14-24-55)61-47(67)40(23-22-35-16-9-7-10-17-35)60-48(68)43-21-15-25-63(43)51(71)39(57)28-37-31-58-32-59-37/h7-12,16-19,31-34,38-45,65H,13-15,20-30,55-57H2,1-6H3,(H,58,59)(H,60,68)(H,61,67)(H,62,69)(H,73,74)/t38?,39-,40-,41-,42-,43-,44-,45-/m0/s1. The van der Waals surface area contributed by atoms with Gasteiger partial charge < -0.3 is 53.2 Å². The number of imidazole rings is 1. The number of aryl methyl sites for hydroxylation is 1. The number of amides is 6. The molecule has 0 saturated carbocycles. The Morgan fingerprint density at radius 2 is 1.46 bits per heavy atom. The number of aliphatic hydroxyl groups excluding tert-OH is 1. The van der Waals surface area contributed by atoms with Crippen LogP contribution in [0.4, 0.5) is 0 Å². The second-order valence-electron chi connectivity index (χ2n) is 20.9. The van der Waals surface area contributed by atoms with Crippen LogP contribution in [0.5, 0.6) is 0 Å². The van der Waals surface area contributed by atoms with Crippen molar-refractivity contribution in [3.8, 4) is 0 Å². The van der Waals surface area contributed by atoms with Crippen molar-refractivity contribution in [1.29, 1.82) is 0 Å². The number of aliphatic carboxylic acids is 1. The quantitative estimate of drug-likeness (QED) is 0.0433. The molecule has 406 valence electrons. The Labute approximate surface area is 434 Å². The maximum Gasteiger partial charge on any atom is 0.326 e. The number of aromatic nitrogens is 2. The summed E-state index contributed by atoms with van der Waals surface area (Å²) in [5.74, 6) is -7.53. The molecule has 8 atom stereocenters. The molecule has 2 aromatic carbocycles. The summed E-state index contributed by atoms with van der Waals surface area (Å²) in [6.45, 7) is 10.3. The highest BCUT2D eigenvalue weighted by Crippen LogP contribution is 2.31. The SMILES string of the molecule is CC(C)CC(N)[C@@H](O)CC(=O)C(C)(C)C[C@@H](C(=O)N[C@@H](Cc1ccccc1)C(=O)O)N(C(=O)C(C)C)C(=O)[C@H](CCCCN)NC(=O)[C@H](CCc1ccccc1)NC(=O)[C@@H]1CCCN1C(=O)[C@@H](N)Cc1c[nH]cn1. The zero-order valence-corrected chi connectivity index (χ0v) is 43.8. The van der Waals surface area contributed by atoms with Crippen LogP contribution in [0.25, 0.3) is 0 Å². The molecule has 1 aliphatic heterocycles. The number of carboxylic acid groups (broad SMARTS) is 1. The molecule has 4 rings (SSSR count). The number of hydrogen-bond acceptors (Lipinski definition) is 13. The first-order valence-corrected chi connectivity index (χ1v) is 25.8. The minimum Gasteiger partial charge on any atom is -0.480 e. The van der Waals surface area contributed by atoms with E-state index in [2.05, 4.69) is 25.9 Å². The van der Waals surface area contributed by atoms with E-state index >= 15 is 4.79 Å². The summed E-state index contributed by atoms with van der Waals surface area (Å²) >= 11 is 0. The van der Waals surface area contributed by atoms with E-state index in [1.165, 1.54) is 38.9 Å². The molecule has 0 aliphatic carbocycles. The normalized spacial score (nSPS) is 16.6. The molecule has 1 unspecified atom stereocenters. The van der Waals surface area contributed by atoms with Crippen LogP contribution in [-0.4, -0.2) is 139 Å². The summed E-state index contributed by atoms with van der Waals surface area (Å²) in [5, 5.41) is 29.6. The maximum atomic E-state index is 15.4. The Hall–Kier alpha value is -6.35. The Kier molecular flexibility index (Phi) is 23.5. The van der Waals surface area contributed by atoms with E-state index in [-0.39, 0.29) is 51.1 Å². The van der Waals surface area contributed by atoms with Crippen LogP contribution in [0.15, 0.2) is 73.2 Å². The third-order valence-corrected chi connectivity index (χ3v) is 13.5. The molecule has 1 fully saturated rings. The van der Waals surface area contributed by atoms with Gasteiger partial charge in [-0.1, -0.05) is 102 Å². The Morgan fingerprint density at radius 3 is 2.04 bits per heavy atom. The van der Waals surface area contributed by atoms with Gasteiger partial charge in [-0.2, -0.15) is 0 Å². The lowest BCUT2D eigenvalue weighted by Crippen LogP contribution is -2.62. The second-order valence-corrected chi connectivity index (χ2v) is 20.9. The highest BCUT2D eigenvalue weighted by molar-refractivity contribution is 6.05. The minimum absolute atomic E-state index is 0.0469. The van der Waals surface area contributed by atoms with E-state index in [0.717, 1.165) is 10.5 Å². The van der Waals surface area contributed by atoms with E-state index < -0.39 is 120 Å².